The normalized spacial score (nSPS) is 14.1. The van der Waals surface area contributed by atoms with Crippen molar-refractivity contribution in [3.8, 4) is 6.07 Å². The fourth-order valence-electron chi connectivity index (χ4n) is 3.87. The molecular formula is C22H26N8O. The Morgan fingerprint density at radius 3 is 2.71 bits per heavy atom. The van der Waals surface area contributed by atoms with Gasteiger partial charge in [-0.3, -0.25) is 9.36 Å². The Labute approximate surface area is 180 Å². The molecule has 1 saturated carbocycles. The van der Waals surface area contributed by atoms with Gasteiger partial charge in [0.05, 0.1) is 11.9 Å². The summed E-state index contributed by atoms with van der Waals surface area (Å²) in [7, 11) is 4.06. The zero-order chi connectivity index (χ0) is 21.8. The van der Waals surface area contributed by atoms with Crippen molar-refractivity contribution < 1.29 is 0 Å². The van der Waals surface area contributed by atoms with Crippen LogP contribution in [-0.2, 0) is 0 Å². The Bertz CT molecular complexity index is 1160. The summed E-state index contributed by atoms with van der Waals surface area (Å²) in [6, 6.07) is 7.44. The molecule has 1 aliphatic carbocycles. The predicted molar refractivity (Wildman–Crippen MR) is 121 cm³/mol. The van der Waals surface area contributed by atoms with Crippen molar-refractivity contribution in [2.75, 3.05) is 37.8 Å². The predicted octanol–water partition coefficient (Wildman–Crippen LogP) is 2.89. The molecule has 0 aliphatic heterocycles. The number of nitrogens with one attached hydrogen (secondary N) is 2. The summed E-state index contributed by atoms with van der Waals surface area (Å²) in [5.74, 6) is 0.977. The van der Waals surface area contributed by atoms with Gasteiger partial charge in [0.1, 0.15) is 23.1 Å². The Balaban J connectivity index is 1.60. The molecule has 0 radical (unpaired) electrons. The molecule has 0 atom stereocenters. The first-order valence-electron chi connectivity index (χ1n) is 10.5. The van der Waals surface area contributed by atoms with Crippen LogP contribution in [0.2, 0.25) is 0 Å². The second kappa shape index (κ2) is 9.10. The van der Waals surface area contributed by atoms with Crippen LogP contribution in [0.1, 0.15) is 37.3 Å². The molecule has 0 unspecified atom stereocenters. The van der Waals surface area contributed by atoms with Crippen molar-refractivity contribution in [1.82, 2.24) is 24.4 Å². The van der Waals surface area contributed by atoms with Gasteiger partial charge in [0.15, 0.2) is 0 Å². The maximum atomic E-state index is 12.9. The smallest absolute Gasteiger partial charge is 0.270 e. The number of likely N-dealkylation sites (N-methyl/N-ethyl adjacent to an activating group) is 1. The van der Waals surface area contributed by atoms with Crippen molar-refractivity contribution in [2.45, 2.75) is 31.7 Å². The average molecular weight is 419 g/mol. The number of rotatable bonds is 7. The van der Waals surface area contributed by atoms with Crippen LogP contribution in [0.3, 0.4) is 0 Å². The molecule has 0 saturated heterocycles. The van der Waals surface area contributed by atoms with Crippen LogP contribution < -0.4 is 16.2 Å². The summed E-state index contributed by atoms with van der Waals surface area (Å²) < 4.78 is 1.68. The second-order valence-corrected chi connectivity index (χ2v) is 8.04. The quantitative estimate of drug-likeness (QED) is 0.602. The number of nitrogens with zero attached hydrogens (tertiary/aromatic N) is 6. The molecule has 1 aliphatic rings. The number of hydrogen-bond donors (Lipinski definition) is 2. The average Bonchev–Trinajstić information content (AvgIpc) is 3.28. The summed E-state index contributed by atoms with van der Waals surface area (Å²) in [4.78, 5) is 28.4. The lowest BCUT2D eigenvalue weighted by molar-refractivity contribution is 0.425. The molecule has 160 valence electrons. The van der Waals surface area contributed by atoms with Crippen molar-refractivity contribution in [1.29, 1.82) is 5.26 Å². The van der Waals surface area contributed by atoms with E-state index in [-0.39, 0.29) is 17.2 Å². The van der Waals surface area contributed by atoms with Gasteiger partial charge >= 0.3 is 0 Å². The first-order valence-corrected chi connectivity index (χ1v) is 10.5. The minimum absolute atomic E-state index is 0.0664. The largest absolute Gasteiger partial charge is 0.383 e. The van der Waals surface area contributed by atoms with Gasteiger partial charge in [-0.05, 0) is 45.1 Å². The van der Waals surface area contributed by atoms with E-state index in [9.17, 15) is 10.1 Å². The van der Waals surface area contributed by atoms with E-state index in [4.69, 9.17) is 0 Å². The zero-order valence-electron chi connectivity index (χ0n) is 17.8. The Morgan fingerprint density at radius 1 is 1.23 bits per heavy atom. The minimum atomic E-state index is -0.280. The summed E-state index contributed by atoms with van der Waals surface area (Å²) in [6.45, 7) is 1.76. The Kier molecular flexibility index (Phi) is 6.09. The van der Waals surface area contributed by atoms with Crippen molar-refractivity contribution in [3.63, 3.8) is 0 Å². The van der Waals surface area contributed by atoms with Crippen LogP contribution in [0.4, 0.5) is 17.5 Å². The highest BCUT2D eigenvalue weighted by Gasteiger charge is 2.22. The van der Waals surface area contributed by atoms with E-state index in [2.05, 4.69) is 30.5 Å². The molecule has 2 N–H and O–H groups in total. The van der Waals surface area contributed by atoms with E-state index in [0.717, 1.165) is 44.5 Å². The molecule has 0 aromatic carbocycles. The van der Waals surface area contributed by atoms with Crippen molar-refractivity contribution in [3.05, 3.63) is 46.5 Å². The lowest BCUT2D eigenvalue weighted by Gasteiger charge is -2.17. The van der Waals surface area contributed by atoms with E-state index in [1.165, 1.54) is 0 Å². The van der Waals surface area contributed by atoms with E-state index in [1.807, 2.05) is 32.3 Å². The molecule has 3 heterocycles. The summed E-state index contributed by atoms with van der Waals surface area (Å²) in [6.07, 6.45) is 7.39. The van der Waals surface area contributed by atoms with Gasteiger partial charge in [0, 0.05) is 30.7 Å². The van der Waals surface area contributed by atoms with Gasteiger partial charge in [0.25, 0.3) is 5.56 Å². The molecule has 9 nitrogen and oxygen atoms in total. The van der Waals surface area contributed by atoms with Crippen LogP contribution in [0.5, 0.6) is 0 Å². The molecule has 3 aromatic rings. The molecule has 1 fully saturated rings. The molecule has 0 amide bonds. The van der Waals surface area contributed by atoms with E-state index < -0.39 is 0 Å². The highest BCUT2D eigenvalue weighted by atomic mass is 16.1. The summed E-state index contributed by atoms with van der Waals surface area (Å²) in [5.41, 5.74) is 1.34. The third-order valence-corrected chi connectivity index (χ3v) is 5.47. The summed E-state index contributed by atoms with van der Waals surface area (Å²) in [5, 5.41) is 16.5. The van der Waals surface area contributed by atoms with E-state index in [0.29, 0.717) is 22.8 Å². The second-order valence-electron chi connectivity index (χ2n) is 8.04. The van der Waals surface area contributed by atoms with Crippen LogP contribution in [-0.4, -0.2) is 51.6 Å². The van der Waals surface area contributed by atoms with Crippen LogP contribution in [0, 0.1) is 11.3 Å². The lowest BCUT2D eigenvalue weighted by Crippen LogP contribution is -2.26. The zero-order valence-corrected chi connectivity index (χ0v) is 17.8. The van der Waals surface area contributed by atoms with Crippen LogP contribution in [0.25, 0.3) is 11.0 Å². The number of hydrogen-bond acceptors (Lipinski definition) is 8. The molecule has 31 heavy (non-hydrogen) atoms. The number of pyridine rings is 2. The number of aromatic nitrogens is 4. The fraction of sp³-hybridized carbons (Fsp3) is 0.409. The van der Waals surface area contributed by atoms with Crippen LogP contribution in [0.15, 0.2) is 35.4 Å². The Morgan fingerprint density at radius 2 is 2.03 bits per heavy atom. The SMILES string of the molecule is CN(C)CCNc1ccc(Nc2ncc3cc(C#N)c(=O)n(C4CCCC4)c3n2)nc1. The Hall–Kier alpha value is -3.51. The number of nitriles is 1. The van der Waals surface area contributed by atoms with E-state index in [1.54, 1.807) is 23.0 Å². The topological polar surface area (TPSA) is 112 Å². The molecule has 9 heteroatoms. The molecule has 4 rings (SSSR count). The first kappa shape index (κ1) is 20.8. The van der Waals surface area contributed by atoms with Gasteiger partial charge < -0.3 is 15.5 Å². The molecular weight excluding hydrogens is 392 g/mol. The standard InChI is InChI=1S/C22H26N8O/c1-29(2)10-9-24-17-7-8-19(25-14-17)27-22-26-13-16-11-15(12-23)21(31)30(20(16)28-22)18-5-3-4-6-18/h7-8,11,13-14,18,24H,3-6,9-10H2,1-2H3,(H,25,26,27,28). The maximum Gasteiger partial charge on any atom is 0.270 e. The van der Waals surface area contributed by atoms with Crippen molar-refractivity contribution in [2.24, 2.45) is 0 Å². The maximum absolute atomic E-state index is 12.9. The summed E-state index contributed by atoms with van der Waals surface area (Å²) >= 11 is 0. The van der Waals surface area contributed by atoms with Gasteiger partial charge in [-0.2, -0.15) is 10.2 Å². The monoisotopic (exact) mass is 418 g/mol. The number of anilines is 3. The van der Waals surface area contributed by atoms with Gasteiger partial charge in [-0.15, -0.1) is 0 Å². The van der Waals surface area contributed by atoms with Gasteiger partial charge in [0.2, 0.25) is 5.95 Å². The molecule has 0 spiro atoms. The van der Waals surface area contributed by atoms with Gasteiger partial charge in [-0.25, -0.2) is 9.97 Å². The fourth-order valence-corrected chi connectivity index (χ4v) is 3.87. The lowest BCUT2D eigenvalue weighted by atomic mass is 10.2. The van der Waals surface area contributed by atoms with Crippen molar-refractivity contribution >= 4 is 28.5 Å². The molecule has 3 aromatic heterocycles. The van der Waals surface area contributed by atoms with Crippen LogP contribution >= 0.6 is 0 Å². The van der Waals surface area contributed by atoms with E-state index >= 15 is 0 Å². The third kappa shape index (κ3) is 4.64. The highest BCUT2D eigenvalue weighted by molar-refractivity contribution is 5.77. The molecule has 0 bridgehead atoms. The van der Waals surface area contributed by atoms with Gasteiger partial charge in [-0.1, -0.05) is 12.8 Å². The number of fused-ring (bicyclic) bond motifs is 1. The minimum Gasteiger partial charge on any atom is -0.383 e. The third-order valence-electron chi connectivity index (χ3n) is 5.47. The highest BCUT2D eigenvalue weighted by Crippen LogP contribution is 2.30. The first-order chi connectivity index (χ1) is 15.0.